The summed E-state index contributed by atoms with van der Waals surface area (Å²) >= 11 is 0. The summed E-state index contributed by atoms with van der Waals surface area (Å²) in [7, 11) is 0. The molecule has 0 aliphatic carbocycles. The maximum absolute atomic E-state index is 12.3. The van der Waals surface area contributed by atoms with Crippen molar-refractivity contribution in [3.05, 3.63) is 36.0 Å². The number of rotatable bonds is 3. The zero-order valence-corrected chi connectivity index (χ0v) is 14.7. The number of amides is 1. The Morgan fingerprint density at radius 3 is 2.88 bits per heavy atom. The van der Waals surface area contributed by atoms with Crippen LogP contribution in [0.5, 0.6) is 0 Å². The predicted octanol–water partition coefficient (Wildman–Crippen LogP) is 3.47. The summed E-state index contributed by atoms with van der Waals surface area (Å²) in [6.45, 7) is 7.71. The van der Waals surface area contributed by atoms with Crippen molar-refractivity contribution in [2.45, 2.75) is 38.7 Å². The van der Waals surface area contributed by atoms with Crippen molar-refractivity contribution in [1.82, 2.24) is 9.88 Å². The van der Waals surface area contributed by atoms with Crippen molar-refractivity contribution in [2.24, 2.45) is 11.7 Å². The summed E-state index contributed by atoms with van der Waals surface area (Å²) < 4.78 is 5.49. The molecule has 2 heterocycles. The van der Waals surface area contributed by atoms with Gasteiger partial charge in [0.05, 0.1) is 0 Å². The van der Waals surface area contributed by atoms with Crippen molar-refractivity contribution in [3.8, 4) is 0 Å². The summed E-state index contributed by atoms with van der Waals surface area (Å²) in [4.78, 5) is 17.4. The number of nitrogens with one attached hydrogen (secondary N) is 1. The molecule has 1 saturated heterocycles. The number of nitrogens with two attached hydrogens (primary N) is 1. The van der Waals surface area contributed by atoms with E-state index >= 15 is 0 Å². The molecule has 2 atom stereocenters. The Morgan fingerprint density at radius 2 is 2.17 bits per heavy atom. The molecule has 1 aliphatic rings. The van der Waals surface area contributed by atoms with Gasteiger partial charge in [-0.15, -0.1) is 0 Å². The van der Waals surface area contributed by atoms with Gasteiger partial charge in [-0.3, -0.25) is 0 Å². The van der Waals surface area contributed by atoms with Gasteiger partial charge in [-0.05, 0) is 51.3 Å². The second-order valence-corrected chi connectivity index (χ2v) is 7.61. The maximum atomic E-state index is 12.3. The number of likely N-dealkylation sites (tertiary alicyclic amines) is 1. The van der Waals surface area contributed by atoms with Crippen LogP contribution in [0.15, 0.2) is 30.5 Å². The van der Waals surface area contributed by atoms with E-state index in [9.17, 15) is 4.79 Å². The molecular weight excluding hydrogens is 302 g/mol. The Balaban J connectivity index is 1.75. The molecule has 2 aromatic rings. The molecule has 0 spiro atoms. The van der Waals surface area contributed by atoms with Gasteiger partial charge in [0.1, 0.15) is 5.60 Å². The molecule has 130 valence electrons. The first kappa shape index (κ1) is 16.8. The van der Waals surface area contributed by atoms with Gasteiger partial charge >= 0.3 is 6.09 Å². The standard InChI is InChI=1S/C19H27N3O2/c1-19(2,3)24-18(23)22-9-8-13(12-22)15(10-20)16-11-21-17-7-5-4-6-14(16)17/h4-7,11,13,15,21H,8-10,12,20H2,1-3H3. The molecule has 0 saturated carbocycles. The largest absolute Gasteiger partial charge is 0.444 e. The van der Waals surface area contributed by atoms with Gasteiger partial charge in [0.15, 0.2) is 0 Å². The molecule has 5 nitrogen and oxygen atoms in total. The molecule has 0 radical (unpaired) electrons. The van der Waals surface area contributed by atoms with E-state index in [-0.39, 0.29) is 12.0 Å². The summed E-state index contributed by atoms with van der Waals surface area (Å²) in [5.74, 6) is 0.607. The molecular formula is C19H27N3O2. The minimum Gasteiger partial charge on any atom is -0.444 e. The van der Waals surface area contributed by atoms with E-state index in [1.54, 1.807) is 0 Å². The van der Waals surface area contributed by atoms with Gasteiger partial charge in [-0.2, -0.15) is 0 Å². The Bertz CT molecular complexity index is 717. The smallest absolute Gasteiger partial charge is 0.410 e. The van der Waals surface area contributed by atoms with Crippen LogP contribution >= 0.6 is 0 Å². The van der Waals surface area contributed by atoms with Crippen molar-refractivity contribution in [3.63, 3.8) is 0 Å². The first-order valence-electron chi connectivity index (χ1n) is 8.63. The van der Waals surface area contributed by atoms with Crippen molar-refractivity contribution in [2.75, 3.05) is 19.6 Å². The minimum atomic E-state index is -0.459. The first-order valence-corrected chi connectivity index (χ1v) is 8.63. The number of ether oxygens (including phenoxy) is 1. The lowest BCUT2D eigenvalue weighted by Gasteiger charge is -2.26. The number of hydrogen-bond donors (Lipinski definition) is 2. The molecule has 3 rings (SSSR count). The highest BCUT2D eigenvalue weighted by atomic mass is 16.6. The van der Waals surface area contributed by atoms with Crippen LogP contribution in [0.2, 0.25) is 0 Å². The average Bonchev–Trinajstić information content (AvgIpc) is 3.15. The number of fused-ring (bicyclic) bond motifs is 1. The number of hydrogen-bond acceptors (Lipinski definition) is 3. The quantitative estimate of drug-likeness (QED) is 0.906. The molecule has 1 aliphatic heterocycles. The van der Waals surface area contributed by atoms with Crippen LogP contribution in [-0.2, 0) is 4.74 Å². The average molecular weight is 329 g/mol. The maximum Gasteiger partial charge on any atom is 0.410 e. The van der Waals surface area contributed by atoms with Crippen LogP contribution in [0.1, 0.15) is 38.7 Å². The van der Waals surface area contributed by atoms with Crippen LogP contribution in [-0.4, -0.2) is 41.2 Å². The molecule has 0 bridgehead atoms. The fourth-order valence-corrected chi connectivity index (χ4v) is 3.58. The molecule has 1 aromatic carbocycles. The van der Waals surface area contributed by atoms with Crippen molar-refractivity contribution in [1.29, 1.82) is 0 Å². The fraction of sp³-hybridized carbons (Fsp3) is 0.526. The molecule has 24 heavy (non-hydrogen) atoms. The molecule has 3 N–H and O–H groups in total. The topological polar surface area (TPSA) is 71.3 Å². The number of nitrogens with zero attached hydrogens (tertiary/aromatic N) is 1. The highest BCUT2D eigenvalue weighted by Crippen LogP contribution is 2.35. The molecule has 5 heteroatoms. The molecule has 1 fully saturated rings. The summed E-state index contributed by atoms with van der Waals surface area (Å²) in [5, 5.41) is 1.23. The van der Waals surface area contributed by atoms with Gasteiger partial charge in [-0.1, -0.05) is 18.2 Å². The Labute approximate surface area is 143 Å². The third-order valence-electron chi connectivity index (χ3n) is 4.72. The van der Waals surface area contributed by atoms with E-state index in [1.807, 2.05) is 31.7 Å². The fourth-order valence-electron chi connectivity index (χ4n) is 3.58. The minimum absolute atomic E-state index is 0.223. The lowest BCUT2D eigenvalue weighted by atomic mass is 9.85. The second kappa shape index (κ2) is 6.48. The van der Waals surface area contributed by atoms with E-state index in [0.29, 0.717) is 19.0 Å². The number of H-pyrrole nitrogens is 1. The SMILES string of the molecule is CC(C)(C)OC(=O)N1CCC(C(CN)c2c[nH]c3ccccc23)C1. The number of aromatic nitrogens is 1. The number of carbonyl (C=O) groups excluding carboxylic acids is 1. The van der Waals surface area contributed by atoms with E-state index in [0.717, 1.165) is 18.5 Å². The monoisotopic (exact) mass is 329 g/mol. The number of aromatic amines is 1. The normalized spacial score (nSPS) is 19.7. The predicted molar refractivity (Wildman–Crippen MR) is 96.0 cm³/mol. The van der Waals surface area contributed by atoms with Crippen molar-refractivity contribution >= 4 is 17.0 Å². The Kier molecular flexibility index (Phi) is 4.54. The van der Waals surface area contributed by atoms with E-state index in [4.69, 9.17) is 10.5 Å². The van der Waals surface area contributed by atoms with E-state index < -0.39 is 5.60 Å². The van der Waals surface area contributed by atoms with Gasteiger partial charge < -0.3 is 20.4 Å². The highest BCUT2D eigenvalue weighted by Gasteiger charge is 2.34. The summed E-state index contributed by atoms with van der Waals surface area (Å²) in [6, 6.07) is 8.28. The van der Waals surface area contributed by atoms with Crippen molar-refractivity contribution < 1.29 is 9.53 Å². The second-order valence-electron chi connectivity index (χ2n) is 7.61. The molecule has 1 aromatic heterocycles. The Morgan fingerprint density at radius 1 is 1.42 bits per heavy atom. The van der Waals surface area contributed by atoms with Gasteiger partial charge in [0, 0.05) is 36.1 Å². The van der Waals surface area contributed by atoms with Crippen LogP contribution in [0.3, 0.4) is 0 Å². The number of benzene rings is 1. The zero-order chi connectivity index (χ0) is 17.3. The van der Waals surface area contributed by atoms with Gasteiger partial charge in [0.25, 0.3) is 0 Å². The van der Waals surface area contributed by atoms with Gasteiger partial charge in [-0.25, -0.2) is 4.79 Å². The van der Waals surface area contributed by atoms with Crippen LogP contribution in [0.4, 0.5) is 4.79 Å². The highest BCUT2D eigenvalue weighted by molar-refractivity contribution is 5.83. The lowest BCUT2D eigenvalue weighted by molar-refractivity contribution is 0.0286. The lowest BCUT2D eigenvalue weighted by Crippen LogP contribution is -2.36. The Hall–Kier alpha value is -2.01. The number of carbonyl (C=O) groups is 1. The van der Waals surface area contributed by atoms with Crippen LogP contribution in [0, 0.1) is 5.92 Å². The zero-order valence-electron chi connectivity index (χ0n) is 14.7. The van der Waals surface area contributed by atoms with E-state index in [1.165, 1.54) is 10.9 Å². The van der Waals surface area contributed by atoms with E-state index in [2.05, 4.69) is 29.4 Å². The van der Waals surface area contributed by atoms with Crippen LogP contribution < -0.4 is 5.73 Å². The first-order chi connectivity index (χ1) is 11.4. The summed E-state index contributed by atoms with van der Waals surface area (Å²) in [5.41, 5.74) is 8.04. The van der Waals surface area contributed by atoms with Crippen LogP contribution in [0.25, 0.3) is 10.9 Å². The van der Waals surface area contributed by atoms with Gasteiger partial charge in [0.2, 0.25) is 0 Å². The third kappa shape index (κ3) is 3.41. The third-order valence-corrected chi connectivity index (χ3v) is 4.72. The number of para-hydroxylation sites is 1. The molecule has 1 amide bonds. The molecule has 2 unspecified atom stereocenters. The summed E-state index contributed by atoms with van der Waals surface area (Å²) in [6.07, 6.45) is 2.80.